The second-order valence-electron chi connectivity index (χ2n) is 16.8. The third-order valence-electron chi connectivity index (χ3n) is 11.6. The predicted molar refractivity (Wildman–Crippen MR) is 220 cm³/mol. The lowest BCUT2D eigenvalue weighted by Gasteiger charge is -2.39. The Morgan fingerprint density at radius 2 is 1.79 bits per heavy atom. The average molecular weight is 918 g/mol. The van der Waals surface area contributed by atoms with E-state index < -0.39 is 93.3 Å². The Morgan fingerprint density at radius 1 is 1.06 bits per heavy atom. The van der Waals surface area contributed by atoms with Gasteiger partial charge in [0.2, 0.25) is 15.9 Å². The summed E-state index contributed by atoms with van der Waals surface area (Å²) >= 11 is 6.65. The van der Waals surface area contributed by atoms with E-state index in [1.165, 1.54) is 23.9 Å². The van der Waals surface area contributed by atoms with Crippen molar-refractivity contribution in [3.63, 3.8) is 0 Å². The number of alkyl halides is 4. The molecule has 1 aliphatic heterocycles. The van der Waals surface area contributed by atoms with Crippen LogP contribution in [0.2, 0.25) is 5.02 Å². The molecule has 3 atom stereocenters. The number of aryl methyl sites for hydroxylation is 1. The molecule has 3 aliphatic rings. The molecule has 2 fully saturated rings. The fraction of sp³-hybridized carbons (Fsp3) is 0.390. The van der Waals surface area contributed by atoms with E-state index >= 15 is 13.6 Å². The van der Waals surface area contributed by atoms with Gasteiger partial charge in [0.25, 0.3) is 17.9 Å². The van der Waals surface area contributed by atoms with Gasteiger partial charge in [0, 0.05) is 49.8 Å². The number of aromatic nitrogens is 6. The minimum atomic E-state index is -3.91. The summed E-state index contributed by atoms with van der Waals surface area (Å²) in [6.07, 6.45) is -2.74. The molecule has 14 nitrogen and oxygen atoms in total. The number of benzene rings is 3. The molecule has 4 heterocycles. The molecular weight excluding hydrogens is 880 g/mol. The molecular formula is C41H38ClF6N9O5S. The van der Waals surface area contributed by atoms with E-state index in [0.29, 0.717) is 36.1 Å². The molecule has 3 aromatic heterocycles. The maximum atomic E-state index is 15.6. The van der Waals surface area contributed by atoms with Gasteiger partial charge in [-0.05, 0) is 74.2 Å². The third kappa shape index (κ3) is 7.66. The Bertz CT molecular complexity index is 3050. The highest BCUT2D eigenvalue weighted by Crippen LogP contribution is 2.68. The summed E-state index contributed by atoms with van der Waals surface area (Å²) in [5.74, 6) is -8.94. The van der Waals surface area contributed by atoms with Gasteiger partial charge in [0.1, 0.15) is 35.4 Å². The number of fused-ring (bicyclic) bond motifs is 5. The fourth-order valence-corrected chi connectivity index (χ4v) is 9.74. The SMILES string of the molecule is Cn1nc(NS(C)(=O)=O)c2c(Cl)ccc(-n3c([C@H](Cc4cc(F)cc(F)c4)NC(=O)Cn4nc(C(F)F)c5c4C(F)(F)[C@@H]4C[C@H]54)nc4cc(N5CCOC(C)(C)C5)ccc4c3=O)c21. The minimum Gasteiger partial charge on any atom is -0.372 e. The van der Waals surface area contributed by atoms with Gasteiger partial charge in [-0.25, -0.2) is 31.0 Å². The number of anilines is 2. The van der Waals surface area contributed by atoms with Gasteiger partial charge in [0.05, 0.1) is 57.0 Å². The lowest BCUT2D eigenvalue weighted by Crippen LogP contribution is -2.48. The van der Waals surface area contributed by atoms with Crippen LogP contribution >= 0.6 is 11.6 Å². The highest BCUT2D eigenvalue weighted by Gasteiger charge is 2.67. The smallest absolute Gasteiger partial charge is 0.293 e. The second kappa shape index (κ2) is 15.0. The summed E-state index contributed by atoms with van der Waals surface area (Å²) in [6.45, 7) is 4.26. The molecule has 63 heavy (non-hydrogen) atoms. The molecule has 22 heteroatoms. The van der Waals surface area contributed by atoms with Crippen molar-refractivity contribution < 1.29 is 44.3 Å². The topological polar surface area (TPSA) is 158 Å². The summed E-state index contributed by atoms with van der Waals surface area (Å²) in [7, 11) is -2.44. The number of carbonyl (C=O) groups excluding carboxylic acids is 1. The monoisotopic (exact) mass is 917 g/mol. The van der Waals surface area contributed by atoms with Crippen molar-refractivity contribution in [2.75, 3.05) is 35.6 Å². The number of halogens is 7. The highest BCUT2D eigenvalue weighted by atomic mass is 35.5. The van der Waals surface area contributed by atoms with Crippen molar-refractivity contribution in [2.45, 2.75) is 63.1 Å². The molecule has 6 aromatic rings. The first kappa shape index (κ1) is 42.6. The lowest BCUT2D eigenvalue weighted by molar-refractivity contribution is -0.123. The molecule has 332 valence electrons. The molecule has 0 bridgehead atoms. The van der Waals surface area contributed by atoms with Gasteiger partial charge in [-0.3, -0.25) is 28.2 Å². The van der Waals surface area contributed by atoms with Gasteiger partial charge in [-0.1, -0.05) is 11.6 Å². The van der Waals surface area contributed by atoms with Gasteiger partial charge in [-0.15, -0.1) is 0 Å². The summed E-state index contributed by atoms with van der Waals surface area (Å²) in [4.78, 5) is 36.2. The Balaban J connectivity index is 1.24. The molecule has 2 N–H and O–H groups in total. The first-order valence-corrected chi connectivity index (χ1v) is 22.0. The normalized spacial score (nSPS) is 19.4. The summed E-state index contributed by atoms with van der Waals surface area (Å²) in [6, 6.07) is 8.91. The van der Waals surface area contributed by atoms with E-state index in [-0.39, 0.29) is 61.7 Å². The second-order valence-corrected chi connectivity index (χ2v) is 18.9. The first-order chi connectivity index (χ1) is 29.6. The number of nitrogens with one attached hydrogen (secondary N) is 2. The molecule has 2 aliphatic carbocycles. The van der Waals surface area contributed by atoms with Crippen LogP contribution in [0.3, 0.4) is 0 Å². The largest absolute Gasteiger partial charge is 0.372 e. The van der Waals surface area contributed by atoms with Crippen LogP contribution in [0.25, 0.3) is 27.5 Å². The Hall–Kier alpha value is -5.67. The van der Waals surface area contributed by atoms with Crippen LogP contribution in [0.5, 0.6) is 0 Å². The summed E-state index contributed by atoms with van der Waals surface area (Å²) < 4.78 is 125. The number of hydrogen-bond donors (Lipinski definition) is 2. The van der Waals surface area contributed by atoms with E-state index in [4.69, 9.17) is 21.3 Å². The van der Waals surface area contributed by atoms with Crippen molar-refractivity contribution in [3.8, 4) is 5.69 Å². The fourth-order valence-electron chi connectivity index (χ4n) is 9.00. The van der Waals surface area contributed by atoms with Gasteiger partial charge in [-0.2, -0.15) is 19.0 Å². The molecule has 1 saturated heterocycles. The van der Waals surface area contributed by atoms with Crippen LogP contribution < -0.4 is 20.5 Å². The number of sulfonamides is 1. The zero-order chi connectivity index (χ0) is 45.1. The van der Waals surface area contributed by atoms with E-state index in [2.05, 4.69) is 20.2 Å². The maximum Gasteiger partial charge on any atom is 0.293 e. The van der Waals surface area contributed by atoms with Crippen molar-refractivity contribution in [2.24, 2.45) is 13.0 Å². The third-order valence-corrected chi connectivity index (χ3v) is 12.5. The number of nitrogens with zero attached hydrogens (tertiary/aromatic N) is 7. The maximum absolute atomic E-state index is 15.6. The number of rotatable bonds is 11. The number of ether oxygens (including phenoxy) is 1. The van der Waals surface area contributed by atoms with Crippen molar-refractivity contribution in [1.29, 1.82) is 0 Å². The minimum absolute atomic E-state index is 0.000491. The zero-order valence-corrected chi connectivity index (χ0v) is 35.5. The number of carbonyl (C=O) groups is 1. The summed E-state index contributed by atoms with van der Waals surface area (Å²) in [5, 5.41) is 11.0. The Labute approximate surface area is 359 Å². The van der Waals surface area contributed by atoms with E-state index in [1.807, 2.05) is 18.7 Å². The van der Waals surface area contributed by atoms with E-state index in [1.54, 1.807) is 18.2 Å². The van der Waals surface area contributed by atoms with Gasteiger partial charge >= 0.3 is 0 Å². The number of hydrogen-bond acceptors (Lipinski definition) is 9. The molecule has 3 aromatic carbocycles. The summed E-state index contributed by atoms with van der Waals surface area (Å²) in [5.41, 5.74) is -2.18. The standard InChI is InChI=1S/C41H38ClF6N9O5S/c1-40(2)18-55(9-10-62-40)22-5-6-23-27(15-22)50-38(57(39(23)59)29-8-7-26(42)32-34(29)54(3)52-37(32)53-63(4,60)61)28(13-19-11-20(43)14-21(44)12-19)49-30(58)17-56-35-31(33(51-56)36(45)46)24-16-25(24)41(35,47)48/h5-8,11-12,14-15,24-25,28,36H,9-10,13,16-18H2,1-4H3,(H,49,58)(H,52,53)/t24-,25+,28-/m0/s1. The molecule has 0 radical (unpaired) electrons. The van der Waals surface area contributed by atoms with E-state index in [9.17, 15) is 30.8 Å². The molecule has 0 unspecified atom stereocenters. The average Bonchev–Trinajstić information content (AvgIpc) is 3.72. The molecule has 1 amide bonds. The van der Waals surface area contributed by atoms with Gasteiger partial charge in [0.15, 0.2) is 5.82 Å². The van der Waals surface area contributed by atoms with Crippen LogP contribution in [0.4, 0.5) is 37.8 Å². The quantitative estimate of drug-likeness (QED) is 0.136. The van der Waals surface area contributed by atoms with Crippen LogP contribution in [0.1, 0.15) is 67.0 Å². The number of morpholine rings is 1. The predicted octanol–water partition coefficient (Wildman–Crippen LogP) is 6.63. The van der Waals surface area contributed by atoms with Crippen LogP contribution in [-0.4, -0.2) is 75.0 Å². The van der Waals surface area contributed by atoms with Crippen LogP contribution in [0, 0.1) is 17.6 Å². The molecule has 0 spiro atoms. The first-order valence-electron chi connectivity index (χ1n) is 19.7. The molecule has 1 saturated carbocycles. The van der Waals surface area contributed by atoms with Crippen molar-refractivity contribution in [3.05, 3.63) is 104 Å². The van der Waals surface area contributed by atoms with Crippen molar-refractivity contribution >= 4 is 60.8 Å². The Kier molecular flexibility index (Phi) is 10.1. The zero-order valence-electron chi connectivity index (χ0n) is 33.9. The van der Waals surface area contributed by atoms with Gasteiger partial charge < -0.3 is 15.0 Å². The Morgan fingerprint density at radius 3 is 2.48 bits per heavy atom. The molecule has 9 rings (SSSR count). The lowest BCUT2D eigenvalue weighted by atomic mass is 10.0. The van der Waals surface area contributed by atoms with Crippen LogP contribution in [0.15, 0.2) is 53.3 Å². The number of amides is 1. The highest BCUT2D eigenvalue weighted by molar-refractivity contribution is 7.92. The van der Waals surface area contributed by atoms with E-state index in [0.717, 1.165) is 23.0 Å². The van der Waals surface area contributed by atoms with Crippen LogP contribution in [-0.2, 0) is 45.5 Å². The van der Waals surface area contributed by atoms with Crippen molar-refractivity contribution in [1.82, 2.24) is 34.4 Å².